The number of thioether (sulfide) groups is 1. The predicted molar refractivity (Wildman–Crippen MR) is 330 cm³/mol. The van der Waals surface area contributed by atoms with Crippen LogP contribution in [0, 0.1) is 23.7 Å². The van der Waals surface area contributed by atoms with E-state index in [9.17, 15) is 34.8 Å². The number of anilines is 1. The van der Waals surface area contributed by atoms with Gasteiger partial charge in [-0.1, -0.05) is 71.8 Å². The van der Waals surface area contributed by atoms with Crippen molar-refractivity contribution in [3.63, 3.8) is 0 Å². The quantitative estimate of drug-likeness (QED) is 0.0132. The van der Waals surface area contributed by atoms with E-state index in [0.29, 0.717) is 0 Å². The molecule has 30 heteroatoms. The van der Waals surface area contributed by atoms with Gasteiger partial charge in [0, 0.05) is 61.4 Å². The third kappa shape index (κ3) is 17.6. The molecule has 1 aromatic carbocycles. The molecule has 3 unspecified atom stereocenters. The lowest BCUT2D eigenvalue weighted by Gasteiger charge is -2.47. The van der Waals surface area contributed by atoms with Crippen LogP contribution in [-0.4, -0.2) is 226 Å². The number of nitrogens with one attached hydrogen (secondary N) is 4. The molecule has 0 saturated carbocycles. The van der Waals surface area contributed by atoms with E-state index in [-0.39, 0.29) is 88.3 Å². The number of fused-ring (bicyclic) bond motifs is 2. The Bertz CT molecular complexity index is 2880. The second-order valence-electron chi connectivity index (χ2n) is 21.4. The number of carbonyl (C=O) groups is 4. The summed E-state index contributed by atoms with van der Waals surface area (Å²) >= 11 is 1.47. The fourth-order valence-electron chi connectivity index (χ4n) is 10.8. The van der Waals surface area contributed by atoms with E-state index in [2.05, 4.69) is 51.7 Å². The lowest BCUT2D eigenvalue weighted by Crippen LogP contribution is -2.65. The molecule has 0 aromatic heterocycles. The largest absolute Gasteiger partial charge is 0.493 e. The van der Waals surface area contributed by atoms with E-state index in [0.717, 1.165) is 7.11 Å². The van der Waals surface area contributed by atoms with E-state index >= 15 is 4.79 Å². The van der Waals surface area contributed by atoms with Gasteiger partial charge in [-0.05, 0) is 55.3 Å². The fraction of sp³-hybridized carbons (Fsp3) is 0.627. The van der Waals surface area contributed by atoms with Crippen LogP contribution in [-0.2, 0) is 66.5 Å². The fourth-order valence-corrected chi connectivity index (χ4v) is 14.1. The average molecular weight is 1330 g/mol. The summed E-state index contributed by atoms with van der Waals surface area (Å²) < 4.78 is 77.8. The van der Waals surface area contributed by atoms with Crippen LogP contribution in [0.5, 0.6) is 11.5 Å². The average Bonchev–Trinajstić information content (AvgIpc) is 0.782. The number of allylic oxidation sites excluding steroid dienone is 2. The zero-order valence-corrected chi connectivity index (χ0v) is 54.6. The van der Waals surface area contributed by atoms with Gasteiger partial charge in [0.2, 0.25) is 5.78 Å². The highest BCUT2D eigenvalue weighted by molar-refractivity contribution is 9.09. The molecule has 19 atom stereocenters. The van der Waals surface area contributed by atoms with Crippen molar-refractivity contribution < 1.29 is 106 Å². The smallest absolute Gasteiger partial charge is 0.411 e. The Morgan fingerprint density at radius 3 is 2.21 bits per heavy atom. The number of alkyl carbamates (subject to hydrolysis) is 1. The minimum atomic E-state index is -2.64. The Hall–Kier alpha value is -4.62. The summed E-state index contributed by atoms with van der Waals surface area (Å²) in [6.45, 7) is 12.7. The first-order valence-corrected chi connectivity index (χ1v) is 33.8. The van der Waals surface area contributed by atoms with Crippen molar-refractivity contribution in [3.8, 4) is 35.2 Å². The molecule has 2 aliphatic carbocycles. The maximum atomic E-state index is 15.5. The number of hydroxylamine groups is 1. The van der Waals surface area contributed by atoms with Crippen LogP contribution in [0.3, 0.4) is 0 Å². The molecule has 7 rings (SSSR count). The van der Waals surface area contributed by atoms with Gasteiger partial charge in [0.15, 0.2) is 60.2 Å². The third-order valence-electron chi connectivity index (χ3n) is 15.2. The van der Waals surface area contributed by atoms with Crippen LogP contribution < -0.4 is 30.9 Å². The Labute approximate surface area is 533 Å². The van der Waals surface area contributed by atoms with Gasteiger partial charge in [0.05, 0.1) is 106 Å². The van der Waals surface area contributed by atoms with Gasteiger partial charge in [-0.2, -0.15) is 17.2 Å². The van der Waals surface area contributed by atoms with Crippen molar-refractivity contribution in [2.75, 3.05) is 65.7 Å². The molecule has 492 valence electrons. The standard InChI is InChI=1S/C59H80N4O22S4/c1-28(2)60-36-27-77-43(26-40(36)73-8)82-52-49(66)47(63-85-45-25-38(65)53(86-12)31(5)79-45)29(3)80-57(52)81-39-18-16-14-15-17-20-59(71)34(19-21-88-89-87-13)46(39)48(62-58(70)76-11)50(67)54(59)83-44-24-37(64)51(30(4)78-44)84-56(69)33-22-41(74-9)42(75-10)23-35(33)61-55(68)32(6)72-7/h14-15,19,22-23,28-31,36-40,43-45,47,49,51-54,57,60,63-66,71H,6,21,24-27H2,1-5,7-13H3,(H,61,68)(H,62,70)/b15-14-,34-19+/t29-,30-,31-,36-,37-,38+,39?,40-,43-,44-,45+,47-,49+,51+,52-,53-,54?,57+,59?/m0/s1. The van der Waals surface area contributed by atoms with Gasteiger partial charge in [-0.15, -0.1) is 0 Å². The Morgan fingerprint density at radius 1 is 0.854 bits per heavy atom. The van der Waals surface area contributed by atoms with E-state index in [1.807, 2.05) is 33.3 Å². The number of aliphatic hydroxyl groups is 4. The zero-order chi connectivity index (χ0) is 64.9. The highest BCUT2D eigenvalue weighted by atomic mass is 33.5. The molecule has 4 fully saturated rings. The van der Waals surface area contributed by atoms with Crippen LogP contribution in [0.1, 0.15) is 64.2 Å². The van der Waals surface area contributed by atoms with Crippen molar-refractivity contribution in [2.45, 2.75) is 175 Å². The van der Waals surface area contributed by atoms with Crippen LogP contribution in [0.4, 0.5) is 10.5 Å². The number of Topliss-reactive ketones (excluding diaryl/α,β-unsaturated/α-hetero) is 1. The Morgan fingerprint density at radius 2 is 1.56 bits per heavy atom. The number of esters is 1. The van der Waals surface area contributed by atoms with Crippen LogP contribution in [0.2, 0.25) is 0 Å². The van der Waals surface area contributed by atoms with Gasteiger partial charge in [-0.3, -0.25) is 19.7 Å². The first kappa shape index (κ1) is 71.8. The summed E-state index contributed by atoms with van der Waals surface area (Å²) in [5.41, 5.74) is -0.847. The molecular formula is C59H80N4O22S4. The second kappa shape index (κ2) is 33.3. The van der Waals surface area contributed by atoms with Gasteiger partial charge in [0.25, 0.3) is 5.91 Å². The second-order valence-corrected chi connectivity index (χ2v) is 26.8. The number of carbonyl (C=O) groups excluding carboxylic acids is 4. The molecule has 1 aromatic rings. The van der Waals surface area contributed by atoms with Gasteiger partial charge < -0.3 is 92.6 Å². The Kier molecular flexibility index (Phi) is 26.9. The number of hydrogen-bond acceptors (Lipinski definition) is 28. The summed E-state index contributed by atoms with van der Waals surface area (Å²) in [5, 5.41) is 57.0. The van der Waals surface area contributed by atoms with Gasteiger partial charge in [0.1, 0.15) is 18.3 Å². The SMILES string of the molecule is C=C(OC)C(=O)Nc1cc(OC)c(OC)cc1C(=O)O[C@@H]1[C@H](C)O[C@@H](OC2C(=O)C(NC(=O)OC)=C3/C(=C\CSSSC)C2(O)C#C/C=C\C#CC3O[C@H]2O[C@@H](C)[C@H](NO[C@@H]3C[C@@H](O)[C@@H](SC)[C@H](C)O3)[C@@H](O)[C@@H]2O[C@H]2C[C@H](OC)[C@@H](NC(C)C)CO2)C[C@@H]1O. The molecular weight excluding hydrogens is 1240 g/mol. The van der Waals surface area contributed by atoms with Gasteiger partial charge in [-0.25, -0.2) is 9.59 Å². The van der Waals surface area contributed by atoms with Crippen molar-refractivity contribution in [1.29, 1.82) is 0 Å². The highest BCUT2D eigenvalue weighted by Gasteiger charge is 2.57. The van der Waals surface area contributed by atoms with Crippen molar-refractivity contribution in [3.05, 3.63) is 65.1 Å². The molecule has 4 aliphatic heterocycles. The number of methoxy groups -OCH3 is 5. The molecule has 6 aliphatic rings. The molecule has 2 amide bonds. The van der Waals surface area contributed by atoms with Crippen LogP contribution >= 0.6 is 43.2 Å². The lowest BCUT2D eigenvalue weighted by molar-refractivity contribution is -0.336. The lowest BCUT2D eigenvalue weighted by atomic mass is 9.73. The number of aliphatic hydroxyl groups excluding tert-OH is 3. The summed E-state index contributed by atoms with van der Waals surface area (Å²) in [4.78, 5) is 62.1. The monoisotopic (exact) mass is 1320 g/mol. The number of amides is 2. The predicted octanol–water partition coefficient (Wildman–Crippen LogP) is 3.42. The number of hydrogen-bond donors (Lipinski definition) is 8. The van der Waals surface area contributed by atoms with E-state index < -0.39 is 134 Å². The highest BCUT2D eigenvalue weighted by Crippen LogP contribution is 2.44. The zero-order valence-electron chi connectivity index (χ0n) is 51.4. The van der Waals surface area contributed by atoms with Crippen molar-refractivity contribution >= 4 is 72.6 Å². The maximum absolute atomic E-state index is 15.5. The minimum absolute atomic E-state index is 0.0770. The summed E-state index contributed by atoms with van der Waals surface area (Å²) in [6, 6.07) is 1.42. The number of ketones is 1. The summed E-state index contributed by atoms with van der Waals surface area (Å²) in [6.07, 6.45) is -11.6. The molecule has 0 spiro atoms. The summed E-state index contributed by atoms with van der Waals surface area (Å²) in [7, 11) is 10.8. The molecule has 89 heavy (non-hydrogen) atoms. The van der Waals surface area contributed by atoms with Crippen LogP contribution in [0.15, 0.2) is 59.5 Å². The molecule has 8 N–H and O–H groups in total. The first-order chi connectivity index (χ1) is 42.5. The van der Waals surface area contributed by atoms with E-state index in [4.69, 9.17) is 66.4 Å². The molecule has 26 nitrogen and oxygen atoms in total. The number of benzene rings is 1. The molecule has 0 radical (unpaired) electrons. The minimum Gasteiger partial charge on any atom is -0.493 e. The normalized spacial score (nSPS) is 34.4. The van der Waals surface area contributed by atoms with E-state index in [1.54, 1.807) is 20.1 Å². The number of ether oxygens (including phenoxy) is 13. The van der Waals surface area contributed by atoms with Gasteiger partial charge >= 0.3 is 12.1 Å². The van der Waals surface area contributed by atoms with Crippen LogP contribution in [0.25, 0.3) is 0 Å². The first-order valence-electron chi connectivity index (χ1n) is 28.4. The molecule has 4 saturated heterocycles. The molecule has 2 bridgehead atoms. The maximum Gasteiger partial charge on any atom is 0.411 e. The Balaban J connectivity index is 1.24. The number of rotatable bonds is 25. The van der Waals surface area contributed by atoms with Crippen molar-refractivity contribution in [1.82, 2.24) is 16.1 Å². The summed E-state index contributed by atoms with van der Waals surface area (Å²) in [5.74, 6) is 8.71. The van der Waals surface area contributed by atoms with Crippen molar-refractivity contribution in [2.24, 2.45) is 0 Å². The van der Waals surface area contributed by atoms with E-state index in [1.165, 1.54) is 95.7 Å². The molecule has 4 heterocycles. The third-order valence-corrected chi connectivity index (χ3v) is 20.2. The topological polar surface area (TPSA) is 327 Å².